The molecule has 0 N–H and O–H groups in total. The Bertz CT molecular complexity index is 363. The topological polar surface area (TPSA) is 9.23 Å². The molecule has 1 aromatic carbocycles. The summed E-state index contributed by atoms with van der Waals surface area (Å²) in [4.78, 5) is 0. The van der Waals surface area contributed by atoms with Gasteiger partial charge in [-0.1, -0.05) is 34.8 Å². The molecule has 0 radical (unpaired) electrons. The summed E-state index contributed by atoms with van der Waals surface area (Å²) < 4.78 is 6.77. The van der Waals surface area contributed by atoms with Crippen LogP contribution in [0.2, 0.25) is 0 Å². The van der Waals surface area contributed by atoms with Gasteiger partial charge in [-0.2, -0.15) is 0 Å². The fraction of sp³-hybridized carbons (Fsp3) is 0.600. The Labute approximate surface area is 123 Å². The van der Waals surface area contributed by atoms with Crippen LogP contribution in [0.15, 0.2) is 28.7 Å². The highest BCUT2D eigenvalue weighted by Gasteiger charge is 2.22. The molecule has 1 saturated carbocycles. The number of hydrogen-bond donors (Lipinski definition) is 0. The highest BCUT2D eigenvalue weighted by Crippen LogP contribution is 2.32. The molecule has 3 heteroatoms. The summed E-state index contributed by atoms with van der Waals surface area (Å²) in [6.45, 7) is 0.756. The van der Waals surface area contributed by atoms with Crippen molar-refractivity contribution in [2.45, 2.75) is 43.9 Å². The maximum absolute atomic E-state index is 6.43. The summed E-state index contributed by atoms with van der Waals surface area (Å²) in [5.41, 5.74) is 0. The van der Waals surface area contributed by atoms with E-state index < -0.39 is 0 Å². The second kappa shape index (κ2) is 7.40. The molecule has 0 saturated heterocycles. The molecule has 0 bridgehead atoms. The van der Waals surface area contributed by atoms with E-state index >= 15 is 0 Å². The lowest BCUT2D eigenvalue weighted by Crippen LogP contribution is -2.12. The minimum absolute atomic E-state index is 0.346. The summed E-state index contributed by atoms with van der Waals surface area (Å²) in [6, 6.07) is 7.97. The zero-order valence-electron chi connectivity index (χ0n) is 10.6. The molecule has 1 aliphatic rings. The van der Waals surface area contributed by atoms with Crippen LogP contribution in [0.5, 0.6) is 5.75 Å². The lowest BCUT2D eigenvalue weighted by molar-refractivity contribution is 0.300. The molecule has 2 rings (SSSR count). The number of rotatable bonds is 6. The van der Waals surface area contributed by atoms with Gasteiger partial charge in [-0.25, -0.2) is 0 Å². The maximum Gasteiger partial charge on any atom is 0.120 e. The van der Waals surface area contributed by atoms with E-state index in [1.54, 1.807) is 0 Å². The van der Waals surface area contributed by atoms with Crippen molar-refractivity contribution in [1.82, 2.24) is 0 Å². The van der Waals surface area contributed by atoms with Crippen molar-refractivity contribution >= 4 is 27.5 Å². The standard InChI is InChI=1S/C15H20BrClO/c16-13-7-3-8-14(11-13)18-10-4-9-15(17)12-5-1-2-6-12/h3,7-8,11-12,15H,1-2,4-6,9-10H2. The normalized spacial score (nSPS) is 17.9. The molecule has 1 nitrogen and oxygen atoms in total. The van der Waals surface area contributed by atoms with Gasteiger partial charge in [0, 0.05) is 9.85 Å². The Balaban J connectivity index is 1.63. The first kappa shape index (κ1) is 14.2. The third kappa shape index (κ3) is 4.47. The maximum atomic E-state index is 6.43. The molecule has 1 atom stereocenters. The largest absolute Gasteiger partial charge is 0.494 e. The highest BCUT2D eigenvalue weighted by molar-refractivity contribution is 9.10. The summed E-state index contributed by atoms with van der Waals surface area (Å²) in [6.07, 6.45) is 7.48. The fourth-order valence-corrected chi connectivity index (χ4v) is 3.36. The average molecular weight is 332 g/mol. The van der Waals surface area contributed by atoms with E-state index in [1.807, 2.05) is 24.3 Å². The SMILES string of the molecule is ClC(CCCOc1cccc(Br)c1)C1CCCC1. The average Bonchev–Trinajstić information content (AvgIpc) is 2.88. The summed E-state index contributed by atoms with van der Waals surface area (Å²) >= 11 is 9.87. The monoisotopic (exact) mass is 330 g/mol. The lowest BCUT2D eigenvalue weighted by atomic mass is 10.0. The molecule has 1 aromatic rings. The van der Waals surface area contributed by atoms with Crippen molar-refractivity contribution in [3.05, 3.63) is 28.7 Å². The number of halogens is 2. The van der Waals surface area contributed by atoms with Crippen LogP contribution in [0.4, 0.5) is 0 Å². The molecular formula is C15H20BrClO. The second-order valence-corrected chi connectivity index (χ2v) is 6.48. The van der Waals surface area contributed by atoms with E-state index in [1.165, 1.54) is 25.7 Å². The lowest BCUT2D eigenvalue weighted by Gasteiger charge is -2.16. The summed E-state index contributed by atoms with van der Waals surface area (Å²) in [5, 5.41) is 0.346. The second-order valence-electron chi connectivity index (χ2n) is 5.01. The first-order chi connectivity index (χ1) is 8.75. The third-order valence-corrected chi connectivity index (χ3v) is 4.67. The first-order valence-corrected chi connectivity index (χ1v) is 8.01. The molecule has 0 amide bonds. The quantitative estimate of drug-likeness (QED) is 0.500. The Morgan fingerprint density at radius 2 is 2.11 bits per heavy atom. The van der Waals surface area contributed by atoms with E-state index in [0.717, 1.165) is 35.6 Å². The van der Waals surface area contributed by atoms with E-state index in [-0.39, 0.29) is 0 Å². The van der Waals surface area contributed by atoms with Crippen LogP contribution in [-0.4, -0.2) is 12.0 Å². The van der Waals surface area contributed by atoms with Crippen molar-refractivity contribution in [2.75, 3.05) is 6.61 Å². The number of ether oxygens (including phenoxy) is 1. The van der Waals surface area contributed by atoms with Gasteiger partial charge in [-0.3, -0.25) is 0 Å². The minimum atomic E-state index is 0.346. The van der Waals surface area contributed by atoms with Crippen molar-refractivity contribution in [1.29, 1.82) is 0 Å². The van der Waals surface area contributed by atoms with Gasteiger partial charge in [0.1, 0.15) is 5.75 Å². The Morgan fingerprint density at radius 3 is 2.83 bits per heavy atom. The molecule has 0 aromatic heterocycles. The van der Waals surface area contributed by atoms with Crippen LogP contribution in [0.1, 0.15) is 38.5 Å². The molecule has 100 valence electrons. The van der Waals surface area contributed by atoms with Crippen molar-refractivity contribution < 1.29 is 4.74 Å². The van der Waals surface area contributed by atoms with Gasteiger partial charge >= 0.3 is 0 Å². The zero-order valence-corrected chi connectivity index (χ0v) is 12.9. The predicted octanol–water partition coefficient (Wildman–Crippen LogP) is 5.41. The van der Waals surface area contributed by atoms with Crippen molar-refractivity contribution in [3.8, 4) is 5.75 Å². The molecule has 18 heavy (non-hydrogen) atoms. The first-order valence-electron chi connectivity index (χ1n) is 6.78. The van der Waals surface area contributed by atoms with Crippen LogP contribution in [-0.2, 0) is 0 Å². The van der Waals surface area contributed by atoms with Crippen LogP contribution >= 0.6 is 27.5 Å². The minimum Gasteiger partial charge on any atom is -0.494 e. The molecule has 0 aliphatic heterocycles. The van der Waals surface area contributed by atoms with E-state index in [0.29, 0.717) is 5.38 Å². The summed E-state index contributed by atoms with van der Waals surface area (Å²) in [5.74, 6) is 1.67. The zero-order chi connectivity index (χ0) is 12.8. The van der Waals surface area contributed by atoms with Crippen LogP contribution in [0.3, 0.4) is 0 Å². The van der Waals surface area contributed by atoms with Gasteiger partial charge in [-0.05, 0) is 49.8 Å². The van der Waals surface area contributed by atoms with Crippen LogP contribution < -0.4 is 4.74 Å². The van der Waals surface area contributed by atoms with Gasteiger partial charge in [0.05, 0.1) is 6.61 Å². The predicted molar refractivity (Wildman–Crippen MR) is 80.5 cm³/mol. The van der Waals surface area contributed by atoms with Gasteiger partial charge in [0.15, 0.2) is 0 Å². The molecule has 1 aliphatic carbocycles. The van der Waals surface area contributed by atoms with E-state index in [2.05, 4.69) is 15.9 Å². The third-order valence-electron chi connectivity index (χ3n) is 3.60. The summed E-state index contributed by atoms with van der Waals surface area (Å²) in [7, 11) is 0. The highest BCUT2D eigenvalue weighted by atomic mass is 79.9. The van der Waals surface area contributed by atoms with Crippen LogP contribution in [0.25, 0.3) is 0 Å². The molecule has 1 unspecified atom stereocenters. The molecule has 1 fully saturated rings. The molecular weight excluding hydrogens is 312 g/mol. The smallest absolute Gasteiger partial charge is 0.120 e. The van der Waals surface area contributed by atoms with Crippen LogP contribution in [0, 0.1) is 5.92 Å². The van der Waals surface area contributed by atoms with E-state index in [4.69, 9.17) is 16.3 Å². The fourth-order valence-electron chi connectivity index (χ4n) is 2.58. The number of benzene rings is 1. The van der Waals surface area contributed by atoms with Crippen molar-refractivity contribution in [2.24, 2.45) is 5.92 Å². The van der Waals surface area contributed by atoms with Gasteiger partial charge in [0.2, 0.25) is 0 Å². The van der Waals surface area contributed by atoms with Crippen molar-refractivity contribution in [3.63, 3.8) is 0 Å². The van der Waals surface area contributed by atoms with Gasteiger partial charge in [0.25, 0.3) is 0 Å². The number of alkyl halides is 1. The molecule has 0 heterocycles. The molecule has 0 spiro atoms. The Hall–Kier alpha value is -0.210. The Kier molecular flexibility index (Phi) is 5.84. The number of hydrogen-bond acceptors (Lipinski definition) is 1. The van der Waals surface area contributed by atoms with E-state index in [9.17, 15) is 0 Å². The van der Waals surface area contributed by atoms with Gasteiger partial charge < -0.3 is 4.74 Å². The van der Waals surface area contributed by atoms with Gasteiger partial charge in [-0.15, -0.1) is 11.6 Å². The Morgan fingerprint density at radius 1 is 1.33 bits per heavy atom.